The number of aliphatic imine (C=N–C) groups is 1. The summed E-state index contributed by atoms with van der Waals surface area (Å²) in [6.07, 6.45) is 1.91. The maximum Gasteiger partial charge on any atom is 0.227 e. The summed E-state index contributed by atoms with van der Waals surface area (Å²) in [5, 5.41) is 15.2. The fourth-order valence-corrected chi connectivity index (χ4v) is 4.86. The van der Waals surface area contributed by atoms with Gasteiger partial charge in [-0.3, -0.25) is 9.79 Å². The van der Waals surface area contributed by atoms with Gasteiger partial charge < -0.3 is 11.5 Å². The summed E-state index contributed by atoms with van der Waals surface area (Å²) in [4.78, 5) is 15.9. The van der Waals surface area contributed by atoms with Crippen molar-refractivity contribution in [3.63, 3.8) is 0 Å². The molecule has 0 saturated carbocycles. The van der Waals surface area contributed by atoms with Crippen molar-refractivity contribution in [3.05, 3.63) is 74.8 Å². The van der Waals surface area contributed by atoms with E-state index in [2.05, 4.69) is 21.6 Å². The minimum Gasteiger partial charge on any atom is -0.404 e. The normalized spacial score (nSPS) is 12.7. The Kier molecular flexibility index (Phi) is 7.38. The summed E-state index contributed by atoms with van der Waals surface area (Å²) in [5.41, 5.74) is 18.5. The van der Waals surface area contributed by atoms with E-state index < -0.39 is 0 Å². The lowest BCUT2D eigenvalue weighted by Crippen LogP contribution is -2.20. The van der Waals surface area contributed by atoms with Crippen molar-refractivity contribution in [2.75, 3.05) is 13.6 Å². The fraction of sp³-hybridized carbons (Fsp3) is 0.130. The van der Waals surface area contributed by atoms with E-state index in [9.17, 15) is 10.1 Å². The second kappa shape index (κ2) is 10.2. The number of nitrogens with one attached hydrogen (secondary N) is 1. The minimum absolute atomic E-state index is 0.0900. The first kappa shape index (κ1) is 23.2. The van der Waals surface area contributed by atoms with Gasteiger partial charge in [0, 0.05) is 46.0 Å². The van der Waals surface area contributed by atoms with Crippen LogP contribution in [0.3, 0.4) is 0 Å². The first-order valence-corrected chi connectivity index (χ1v) is 10.8. The molecule has 0 saturated heterocycles. The van der Waals surface area contributed by atoms with Gasteiger partial charge in [-0.15, -0.1) is 11.3 Å². The number of hydrogen-bond acceptors (Lipinski definition) is 7. The number of allylic oxidation sites excluding steroid dienone is 1. The van der Waals surface area contributed by atoms with Crippen molar-refractivity contribution in [2.24, 2.45) is 21.6 Å². The van der Waals surface area contributed by atoms with Crippen LogP contribution in [0.4, 0.5) is 0 Å². The summed E-state index contributed by atoms with van der Waals surface area (Å²) in [6.45, 7) is 1.93. The van der Waals surface area contributed by atoms with E-state index in [4.69, 9.17) is 23.1 Å². The third kappa shape index (κ3) is 4.27. The Hall–Kier alpha value is -3.51. The molecule has 32 heavy (non-hydrogen) atoms. The third-order valence-electron chi connectivity index (χ3n) is 4.98. The molecule has 162 valence electrons. The number of hydrogen-bond donors (Lipinski definition) is 3. The molecular weight excluding hydrogens is 444 g/mol. The SMILES string of the molecule is CN=C(/C(=C\N)c1cc(Cl)c(C)c(/C(CN)=N\NC=O)c1)c1sc2ccccc2c1C#N. The molecule has 9 heteroatoms. The highest BCUT2D eigenvalue weighted by atomic mass is 35.5. The molecule has 3 rings (SSSR count). The molecule has 2 aromatic carbocycles. The lowest BCUT2D eigenvalue weighted by Gasteiger charge is -2.15. The number of carbonyl (C=O) groups is 1. The van der Waals surface area contributed by atoms with Gasteiger partial charge in [0.25, 0.3) is 0 Å². The number of benzene rings is 2. The molecule has 0 spiro atoms. The van der Waals surface area contributed by atoms with Crippen LogP contribution in [0.5, 0.6) is 0 Å². The number of nitrogens with two attached hydrogens (primary N) is 2. The average molecular weight is 465 g/mol. The van der Waals surface area contributed by atoms with Gasteiger partial charge in [-0.1, -0.05) is 29.8 Å². The highest BCUT2D eigenvalue weighted by Crippen LogP contribution is 2.35. The molecule has 5 N–H and O–H groups in total. The molecule has 0 aliphatic heterocycles. The Balaban J connectivity index is 2.21. The second-order valence-corrected chi connectivity index (χ2v) is 8.17. The van der Waals surface area contributed by atoms with Crippen LogP contribution in [-0.2, 0) is 4.79 Å². The van der Waals surface area contributed by atoms with Crippen molar-refractivity contribution in [3.8, 4) is 6.07 Å². The van der Waals surface area contributed by atoms with E-state index in [1.165, 1.54) is 17.5 Å². The first-order valence-electron chi connectivity index (χ1n) is 9.58. The van der Waals surface area contributed by atoms with Gasteiger partial charge in [0.1, 0.15) is 6.07 Å². The van der Waals surface area contributed by atoms with Gasteiger partial charge in [-0.2, -0.15) is 10.4 Å². The number of nitrogens with zero attached hydrogens (tertiary/aromatic N) is 3. The molecule has 0 fully saturated rings. The smallest absolute Gasteiger partial charge is 0.227 e. The number of amides is 1. The summed E-state index contributed by atoms with van der Waals surface area (Å²) < 4.78 is 0.983. The highest BCUT2D eigenvalue weighted by Gasteiger charge is 2.22. The van der Waals surface area contributed by atoms with E-state index in [0.717, 1.165) is 20.5 Å². The summed E-state index contributed by atoms with van der Waals surface area (Å²) in [7, 11) is 1.65. The van der Waals surface area contributed by atoms with E-state index in [1.807, 2.05) is 37.3 Å². The van der Waals surface area contributed by atoms with E-state index in [0.29, 0.717) is 45.1 Å². The standard InChI is InChI=1S/C23H21ClN6OS/c1-13-16(20(11-27)30-29-12-31)7-14(8-19(13)24)17(9-25)22(28-2)23-18(10-26)15-5-3-4-6-21(15)32-23/h3-9,12H,11,25,27H2,1-2H3,(H,29,31)/b17-9-,28-22?,30-20-. The van der Waals surface area contributed by atoms with Crippen molar-refractivity contribution < 1.29 is 4.79 Å². The molecule has 7 nitrogen and oxygen atoms in total. The molecule has 0 radical (unpaired) electrons. The van der Waals surface area contributed by atoms with Crippen LogP contribution >= 0.6 is 22.9 Å². The van der Waals surface area contributed by atoms with Gasteiger partial charge in [0.15, 0.2) is 0 Å². The van der Waals surface area contributed by atoms with Crippen LogP contribution in [0.25, 0.3) is 15.7 Å². The van der Waals surface area contributed by atoms with Gasteiger partial charge in [-0.05, 0) is 36.2 Å². The van der Waals surface area contributed by atoms with Crippen molar-refractivity contribution in [2.45, 2.75) is 6.92 Å². The van der Waals surface area contributed by atoms with Crippen molar-refractivity contribution in [1.29, 1.82) is 5.26 Å². The van der Waals surface area contributed by atoms with Gasteiger partial charge in [0.2, 0.25) is 6.41 Å². The molecule has 0 aliphatic rings. The van der Waals surface area contributed by atoms with Crippen LogP contribution in [0, 0.1) is 18.3 Å². The number of thiophene rings is 1. The molecule has 3 aromatic rings. The second-order valence-electron chi connectivity index (χ2n) is 6.71. The minimum atomic E-state index is 0.0900. The van der Waals surface area contributed by atoms with Crippen LogP contribution < -0.4 is 16.9 Å². The van der Waals surface area contributed by atoms with E-state index in [-0.39, 0.29) is 6.54 Å². The Labute approximate surface area is 194 Å². The van der Waals surface area contributed by atoms with Gasteiger partial charge in [0.05, 0.1) is 21.9 Å². The van der Waals surface area contributed by atoms with Crippen LogP contribution in [-0.4, -0.2) is 31.4 Å². The van der Waals surface area contributed by atoms with Crippen LogP contribution in [0.1, 0.15) is 27.1 Å². The monoisotopic (exact) mass is 464 g/mol. The summed E-state index contributed by atoms with van der Waals surface area (Å²) in [5.74, 6) is 0. The third-order valence-corrected chi connectivity index (χ3v) is 6.55. The predicted octanol–water partition coefficient (Wildman–Crippen LogP) is 3.56. The molecule has 0 bridgehead atoms. The zero-order valence-electron chi connectivity index (χ0n) is 17.5. The Morgan fingerprint density at radius 3 is 2.72 bits per heavy atom. The summed E-state index contributed by atoms with van der Waals surface area (Å²) >= 11 is 8.01. The maximum absolute atomic E-state index is 10.7. The average Bonchev–Trinajstić information content (AvgIpc) is 3.18. The van der Waals surface area contributed by atoms with Gasteiger partial charge in [-0.25, -0.2) is 5.43 Å². The van der Waals surface area contributed by atoms with Crippen LogP contribution in [0.2, 0.25) is 5.02 Å². The Morgan fingerprint density at radius 1 is 1.34 bits per heavy atom. The predicted molar refractivity (Wildman–Crippen MR) is 132 cm³/mol. The van der Waals surface area contributed by atoms with E-state index in [1.54, 1.807) is 13.1 Å². The molecule has 1 amide bonds. The Bertz CT molecular complexity index is 1320. The lowest BCUT2D eigenvalue weighted by atomic mass is 9.93. The van der Waals surface area contributed by atoms with Gasteiger partial charge >= 0.3 is 0 Å². The zero-order valence-corrected chi connectivity index (χ0v) is 19.1. The lowest BCUT2D eigenvalue weighted by molar-refractivity contribution is -0.109. The topological polar surface area (TPSA) is 130 Å². The number of carbonyl (C=O) groups excluding carboxylic acids is 1. The number of hydrazone groups is 1. The number of rotatable bonds is 7. The number of halogens is 1. The van der Waals surface area contributed by atoms with E-state index >= 15 is 0 Å². The molecule has 0 aliphatic carbocycles. The number of fused-ring (bicyclic) bond motifs is 1. The number of nitriles is 1. The van der Waals surface area contributed by atoms with Crippen LogP contribution in [0.15, 0.2) is 52.7 Å². The fourth-order valence-electron chi connectivity index (χ4n) is 3.43. The van der Waals surface area contributed by atoms with Crippen molar-refractivity contribution in [1.82, 2.24) is 5.43 Å². The quantitative estimate of drug-likeness (QED) is 0.280. The highest BCUT2D eigenvalue weighted by molar-refractivity contribution is 7.21. The maximum atomic E-state index is 10.7. The molecule has 1 heterocycles. The molecule has 0 unspecified atom stereocenters. The largest absolute Gasteiger partial charge is 0.404 e. The molecular formula is C23H21ClN6OS. The molecule has 0 atom stereocenters. The Morgan fingerprint density at radius 2 is 2.09 bits per heavy atom. The van der Waals surface area contributed by atoms with Crippen molar-refractivity contribution >= 4 is 56.4 Å². The first-order chi connectivity index (χ1) is 15.5. The summed E-state index contributed by atoms with van der Waals surface area (Å²) in [6, 6.07) is 13.6. The zero-order chi connectivity index (χ0) is 23.3. The molecule has 1 aromatic heterocycles.